The molecule has 1 N–H and O–H groups in total. The van der Waals surface area contributed by atoms with Crippen molar-refractivity contribution in [1.29, 1.82) is 0 Å². The summed E-state index contributed by atoms with van der Waals surface area (Å²) in [6.07, 6.45) is 5.71. The lowest BCUT2D eigenvalue weighted by Gasteiger charge is -2.25. The highest BCUT2D eigenvalue weighted by Gasteiger charge is 2.43. The van der Waals surface area contributed by atoms with Gasteiger partial charge in [0, 0.05) is 38.1 Å². The minimum Gasteiger partial charge on any atom is -0.444 e. The summed E-state index contributed by atoms with van der Waals surface area (Å²) < 4.78 is 5.40. The molecule has 0 bridgehead atoms. The number of fused-ring (bicyclic) bond motifs is 1. The van der Waals surface area contributed by atoms with Crippen LogP contribution in [0.2, 0.25) is 0 Å². The topological polar surface area (TPSA) is 54.5 Å². The van der Waals surface area contributed by atoms with Crippen molar-refractivity contribution in [2.24, 2.45) is 11.8 Å². The van der Waals surface area contributed by atoms with Crippen molar-refractivity contribution in [1.82, 2.24) is 15.2 Å². The van der Waals surface area contributed by atoms with Crippen LogP contribution in [0.1, 0.15) is 39.2 Å². The third-order valence-electron chi connectivity index (χ3n) is 4.76. The number of rotatable bonds is 3. The minimum absolute atomic E-state index is 0.244. The summed E-state index contributed by atoms with van der Waals surface area (Å²) in [5.41, 5.74) is 0.813. The average Bonchev–Trinajstić information content (AvgIpc) is 3.00. The van der Waals surface area contributed by atoms with Crippen molar-refractivity contribution < 1.29 is 9.53 Å². The van der Waals surface area contributed by atoms with Crippen LogP contribution < -0.4 is 5.32 Å². The zero-order valence-electron chi connectivity index (χ0n) is 14.3. The highest BCUT2D eigenvalue weighted by atomic mass is 16.6. The predicted molar refractivity (Wildman–Crippen MR) is 88.9 cm³/mol. The molecule has 1 aromatic heterocycles. The fraction of sp³-hybridized carbons (Fsp3) is 0.667. The third kappa shape index (κ3) is 4.22. The predicted octanol–water partition coefficient (Wildman–Crippen LogP) is 2.82. The number of likely N-dealkylation sites (tertiary alicyclic amines) is 1. The zero-order valence-corrected chi connectivity index (χ0v) is 14.3. The van der Waals surface area contributed by atoms with Gasteiger partial charge in [-0.2, -0.15) is 0 Å². The van der Waals surface area contributed by atoms with Crippen LogP contribution in [-0.2, 0) is 11.3 Å². The van der Waals surface area contributed by atoms with Gasteiger partial charge in [-0.3, -0.25) is 9.88 Å². The molecule has 5 nitrogen and oxygen atoms in total. The van der Waals surface area contributed by atoms with Gasteiger partial charge in [-0.25, -0.2) is 4.79 Å². The minimum atomic E-state index is -0.440. The second-order valence-electron chi connectivity index (χ2n) is 7.81. The van der Waals surface area contributed by atoms with E-state index < -0.39 is 5.60 Å². The molecule has 0 spiro atoms. The molecular formula is C18H27N3O2. The summed E-state index contributed by atoms with van der Waals surface area (Å²) in [7, 11) is 0. The molecule has 126 valence electrons. The Balaban J connectivity index is 1.53. The summed E-state index contributed by atoms with van der Waals surface area (Å²) in [6.45, 7) is 8.80. The summed E-state index contributed by atoms with van der Waals surface area (Å²) in [5.74, 6) is 1.23. The van der Waals surface area contributed by atoms with Gasteiger partial charge in [-0.05, 0) is 57.1 Å². The van der Waals surface area contributed by atoms with Gasteiger partial charge in [0.15, 0.2) is 0 Å². The first-order valence-corrected chi connectivity index (χ1v) is 8.51. The van der Waals surface area contributed by atoms with Crippen LogP contribution in [-0.4, -0.2) is 40.7 Å². The summed E-state index contributed by atoms with van der Waals surface area (Å²) in [4.78, 5) is 18.7. The number of ether oxygens (including phenoxy) is 1. The Morgan fingerprint density at radius 3 is 2.91 bits per heavy atom. The third-order valence-corrected chi connectivity index (χ3v) is 4.76. The first-order chi connectivity index (χ1) is 10.9. The fourth-order valence-electron chi connectivity index (χ4n) is 3.87. The van der Waals surface area contributed by atoms with E-state index in [2.05, 4.69) is 21.3 Å². The Hall–Kier alpha value is -1.62. The molecule has 3 rings (SSSR count). The van der Waals surface area contributed by atoms with E-state index in [4.69, 9.17) is 4.74 Å². The molecule has 1 aliphatic heterocycles. The molecular weight excluding hydrogens is 290 g/mol. The number of hydrogen-bond donors (Lipinski definition) is 1. The highest BCUT2D eigenvalue weighted by molar-refractivity contribution is 5.68. The van der Waals surface area contributed by atoms with Crippen LogP contribution in [0.25, 0.3) is 0 Å². The summed E-state index contributed by atoms with van der Waals surface area (Å²) >= 11 is 0. The van der Waals surface area contributed by atoms with Crippen LogP contribution in [0.15, 0.2) is 24.5 Å². The Bertz CT molecular complexity index is 541. The molecule has 0 unspecified atom stereocenters. The SMILES string of the molecule is CC(C)(C)OC(=O)N[C@@H]1CC[C@H]2CN(Cc3cccnc3)C[C@H]21. The lowest BCUT2D eigenvalue weighted by molar-refractivity contribution is 0.0491. The van der Waals surface area contributed by atoms with Gasteiger partial charge in [0.25, 0.3) is 0 Å². The van der Waals surface area contributed by atoms with Crippen molar-refractivity contribution in [2.45, 2.75) is 51.8 Å². The van der Waals surface area contributed by atoms with Crippen molar-refractivity contribution in [3.8, 4) is 0 Å². The number of nitrogens with one attached hydrogen (secondary N) is 1. The maximum atomic E-state index is 12.0. The molecule has 1 aromatic rings. The number of carbonyl (C=O) groups excluding carboxylic acids is 1. The number of aromatic nitrogens is 1. The number of amides is 1. The lowest BCUT2D eigenvalue weighted by atomic mass is 9.98. The van der Waals surface area contributed by atoms with Crippen LogP contribution in [0.4, 0.5) is 4.79 Å². The van der Waals surface area contributed by atoms with Crippen molar-refractivity contribution >= 4 is 6.09 Å². The molecule has 1 saturated heterocycles. The van der Waals surface area contributed by atoms with E-state index in [-0.39, 0.29) is 12.1 Å². The molecule has 2 fully saturated rings. The van der Waals surface area contributed by atoms with E-state index in [1.165, 1.54) is 12.0 Å². The van der Waals surface area contributed by atoms with Gasteiger partial charge in [-0.1, -0.05) is 6.07 Å². The first kappa shape index (κ1) is 16.2. The number of carbonyl (C=O) groups is 1. The van der Waals surface area contributed by atoms with Crippen molar-refractivity contribution in [3.63, 3.8) is 0 Å². The Morgan fingerprint density at radius 1 is 1.39 bits per heavy atom. The quantitative estimate of drug-likeness (QED) is 0.931. The molecule has 1 amide bonds. The second-order valence-corrected chi connectivity index (χ2v) is 7.81. The molecule has 3 atom stereocenters. The van der Waals surface area contributed by atoms with E-state index in [0.29, 0.717) is 11.8 Å². The van der Waals surface area contributed by atoms with E-state index in [1.54, 1.807) is 0 Å². The van der Waals surface area contributed by atoms with Crippen molar-refractivity contribution in [3.05, 3.63) is 30.1 Å². The number of alkyl carbamates (subject to hydrolysis) is 1. The standard InChI is InChI=1S/C18H27N3O2/c1-18(2,3)23-17(22)20-16-7-6-14-11-21(12-15(14)16)10-13-5-4-8-19-9-13/h4-5,8-9,14-16H,6-7,10-12H2,1-3H3,(H,20,22)/t14-,15+,16+/m0/s1. The second kappa shape index (κ2) is 6.48. The van der Waals surface area contributed by atoms with Crippen LogP contribution >= 0.6 is 0 Å². The van der Waals surface area contributed by atoms with Crippen LogP contribution in [0, 0.1) is 11.8 Å². The van der Waals surface area contributed by atoms with E-state index in [1.807, 2.05) is 39.2 Å². The normalized spacial score (nSPS) is 27.7. The fourth-order valence-corrected chi connectivity index (χ4v) is 3.87. The maximum Gasteiger partial charge on any atom is 0.407 e. The van der Waals surface area contributed by atoms with Gasteiger partial charge in [0.2, 0.25) is 0 Å². The van der Waals surface area contributed by atoms with Gasteiger partial charge in [0.05, 0.1) is 0 Å². The van der Waals surface area contributed by atoms with Gasteiger partial charge >= 0.3 is 6.09 Å². The maximum absolute atomic E-state index is 12.0. The van der Waals surface area contributed by atoms with Gasteiger partial charge in [-0.15, -0.1) is 0 Å². The molecule has 0 radical (unpaired) electrons. The molecule has 0 aromatic carbocycles. The number of hydrogen-bond acceptors (Lipinski definition) is 4. The van der Waals surface area contributed by atoms with Crippen LogP contribution in [0.3, 0.4) is 0 Å². The molecule has 1 aliphatic carbocycles. The largest absolute Gasteiger partial charge is 0.444 e. The average molecular weight is 317 g/mol. The van der Waals surface area contributed by atoms with Gasteiger partial charge in [0.1, 0.15) is 5.60 Å². The molecule has 5 heteroatoms. The van der Waals surface area contributed by atoms with Gasteiger partial charge < -0.3 is 10.1 Å². The first-order valence-electron chi connectivity index (χ1n) is 8.51. The Morgan fingerprint density at radius 2 is 2.22 bits per heavy atom. The molecule has 2 heterocycles. The van der Waals surface area contributed by atoms with Crippen LogP contribution in [0.5, 0.6) is 0 Å². The van der Waals surface area contributed by atoms with E-state index in [0.717, 1.165) is 26.1 Å². The molecule has 2 aliphatic rings. The molecule has 1 saturated carbocycles. The number of pyridine rings is 1. The van der Waals surface area contributed by atoms with E-state index >= 15 is 0 Å². The number of nitrogens with zero attached hydrogens (tertiary/aromatic N) is 2. The Kier molecular flexibility index (Phi) is 4.57. The van der Waals surface area contributed by atoms with Crippen molar-refractivity contribution in [2.75, 3.05) is 13.1 Å². The Labute approximate surface area is 138 Å². The zero-order chi connectivity index (χ0) is 16.4. The summed E-state index contributed by atoms with van der Waals surface area (Å²) in [5, 5.41) is 3.09. The van der Waals surface area contributed by atoms with E-state index in [9.17, 15) is 4.79 Å². The lowest BCUT2D eigenvalue weighted by Crippen LogP contribution is -2.42. The summed E-state index contributed by atoms with van der Waals surface area (Å²) in [6, 6.07) is 4.35. The highest BCUT2D eigenvalue weighted by Crippen LogP contribution is 2.38. The smallest absolute Gasteiger partial charge is 0.407 e. The molecule has 23 heavy (non-hydrogen) atoms. The monoisotopic (exact) mass is 317 g/mol.